The normalized spacial score (nSPS) is 23.1. The van der Waals surface area contributed by atoms with Gasteiger partial charge < -0.3 is 19.3 Å². The van der Waals surface area contributed by atoms with Crippen LogP contribution in [-0.4, -0.2) is 59.1 Å². The Labute approximate surface area is 156 Å². The summed E-state index contributed by atoms with van der Waals surface area (Å²) in [6, 6.07) is 0. The Morgan fingerprint density at radius 1 is 1.17 bits per heavy atom. The van der Waals surface area contributed by atoms with E-state index in [1.54, 1.807) is 4.98 Å². The molecule has 15 heteroatoms. The van der Waals surface area contributed by atoms with Crippen LogP contribution in [0.1, 0.15) is 24.5 Å². The van der Waals surface area contributed by atoms with Gasteiger partial charge in [0, 0.05) is 12.6 Å². The molecule has 1 fully saturated rings. The molecule has 2 N–H and O–H groups in total. The molecule has 1 saturated heterocycles. The maximum atomic E-state index is 13.7. The molecule has 0 unspecified atom stereocenters. The van der Waals surface area contributed by atoms with Crippen molar-refractivity contribution in [2.45, 2.75) is 43.6 Å². The summed E-state index contributed by atoms with van der Waals surface area (Å²) in [5.74, 6) is 0. The van der Waals surface area contributed by atoms with Gasteiger partial charge in [-0.15, -0.1) is 0 Å². The largest absolute Gasteiger partial charge is 0.411 e. The van der Waals surface area contributed by atoms with Gasteiger partial charge in [-0.1, -0.05) is 0 Å². The lowest BCUT2D eigenvalue weighted by Crippen LogP contribution is -2.37. The molecule has 0 aromatic carbocycles. The number of nitrogens with zero attached hydrogens (tertiary/aromatic N) is 1. The standard InChI is InChI=1S/C14H15F7N2O6/c15-7-1-9(29-8(7)3-24)23-2-6(10(25)22-12(23)26)11(27-4-13(16,17)18)28-5-14(19,20)21/h2,7-9,11,24H,1,3-5H2,(H,22,25,26)/t7-,8+,9+/m0/s1. The van der Waals surface area contributed by atoms with Crippen LogP contribution in [0.25, 0.3) is 0 Å². The molecule has 0 bridgehead atoms. The van der Waals surface area contributed by atoms with Crippen molar-refractivity contribution < 1.29 is 50.1 Å². The highest BCUT2D eigenvalue weighted by Gasteiger charge is 2.38. The van der Waals surface area contributed by atoms with E-state index in [-0.39, 0.29) is 0 Å². The van der Waals surface area contributed by atoms with E-state index in [9.17, 15) is 40.3 Å². The maximum absolute atomic E-state index is 13.7. The molecule has 0 aliphatic carbocycles. The van der Waals surface area contributed by atoms with Gasteiger partial charge in [0.2, 0.25) is 0 Å². The first-order valence-corrected chi connectivity index (χ1v) is 7.93. The molecule has 1 aliphatic heterocycles. The van der Waals surface area contributed by atoms with Gasteiger partial charge in [-0.3, -0.25) is 14.3 Å². The van der Waals surface area contributed by atoms with Crippen molar-refractivity contribution in [3.05, 3.63) is 32.6 Å². The fraction of sp³-hybridized carbons (Fsp3) is 0.714. The van der Waals surface area contributed by atoms with Crippen LogP contribution in [0, 0.1) is 0 Å². The van der Waals surface area contributed by atoms with Crippen LogP contribution in [0.3, 0.4) is 0 Å². The molecule has 29 heavy (non-hydrogen) atoms. The van der Waals surface area contributed by atoms with Gasteiger partial charge in [0.15, 0.2) is 6.29 Å². The summed E-state index contributed by atoms with van der Waals surface area (Å²) >= 11 is 0. The van der Waals surface area contributed by atoms with Crippen molar-refractivity contribution in [1.29, 1.82) is 0 Å². The van der Waals surface area contributed by atoms with Crippen molar-refractivity contribution >= 4 is 0 Å². The molecule has 8 nitrogen and oxygen atoms in total. The first kappa shape index (κ1) is 23.3. The molecule has 166 valence electrons. The third-order valence-corrected chi connectivity index (χ3v) is 3.70. The molecular formula is C14H15F7N2O6. The molecule has 1 aliphatic rings. The molecule has 0 saturated carbocycles. The number of hydrogen-bond acceptors (Lipinski definition) is 6. The van der Waals surface area contributed by atoms with E-state index in [1.807, 2.05) is 0 Å². The number of hydrogen-bond donors (Lipinski definition) is 2. The third-order valence-electron chi connectivity index (χ3n) is 3.70. The number of rotatable bonds is 7. The summed E-state index contributed by atoms with van der Waals surface area (Å²) in [6.07, 6.45) is -16.6. The number of aromatic amines is 1. The minimum Gasteiger partial charge on any atom is -0.394 e. The van der Waals surface area contributed by atoms with Gasteiger partial charge in [0.05, 0.1) is 12.2 Å². The van der Waals surface area contributed by atoms with Crippen LogP contribution in [0.5, 0.6) is 0 Å². The molecule has 0 radical (unpaired) electrons. The number of alkyl halides is 7. The second-order valence-electron chi connectivity index (χ2n) is 6.00. The lowest BCUT2D eigenvalue weighted by Gasteiger charge is -2.21. The quantitative estimate of drug-likeness (QED) is 0.490. The van der Waals surface area contributed by atoms with Crippen molar-refractivity contribution in [1.82, 2.24) is 9.55 Å². The number of H-pyrrole nitrogens is 1. The van der Waals surface area contributed by atoms with Crippen molar-refractivity contribution in [2.24, 2.45) is 0 Å². The summed E-state index contributed by atoms with van der Waals surface area (Å²) < 4.78 is 102. The predicted molar refractivity (Wildman–Crippen MR) is 78.6 cm³/mol. The van der Waals surface area contributed by atoms with E-state index in [2.05, 4.69) is 9.47 Å². The zero-order chi connectivity index (χ0) is 22.0. The van der Waals surface area contributed by atoms with Crippen LogP contribution in [-0.2, 0) is 14.2 Å². The highest BCUT2D eigenvalue weighted by atomic mass is 19.4. The number of nitrogens with one attached hydrogen (secondary N) is 1. The molecule has 2 heterocycles. The number of aliphatic hydroxyl groups is 1. The van der Waals surface area contributed by atoms with Crippen LogP contribution >= 0.6 is 0 Å². The average molecular weight is 440 g/mol. The van der Waals surface area contributed by atoms with E-state index >= 15 is 0 Å². The van der Waals surface area contributed by atoms with Gasteiger partial charge >= 0.3 is 18.0 Å². The number of ether oxygens (including phenoxy) is 3. The van der Waals surface area contributed by atoms with Gasteiger partial charge in [-0.25, -0.2) is 9.18 Å². The lowest BCUT2D eigenvalue weighted by atomic mass is 10.2. The summed E-state index contributed by atoms with van der Waals surface area (Å²) in [7, 11) is 0. The van der Waals surface area contributed by atoms with Crippen molar-refractivity contribution in [3.8, 4) is 0 Å². The summed E-state index contributed by atoms with van der Waals surface area (Å²) in [6.45, 7) is -4.84. The van der Waals surface area contributed by atoms with Crippen LogP contribution < -0.4 is 11.2 Å². The Bertz CT molecular complexity index is 787. The van der Waals surface area contributed by atoms with Gasteiger partial charge in [0.25, 0.3) is 5.56 Å². The summed E-state index contributed by atoms with van der Waals surface area (Å²) in [5, 5.41) is 8.99. The number of halogens is 7. The predicted octanol–water partition coefficient (Wildman–Crippen LogP) is 1.31. The Morgan fingerprint density at radius 3 is 2.17 bits per heavy atom. The van der Waals surface area contributed by atoms with Gasteiger partial charge in [-0.05, 0) is 0 Å². The first-order chi connectivity index (χ1) is 13.3. The molecule has 1 aromatic heterocycles. The van der Waals surface area contributed by atoms with Crippen molar-refractivity contribution in [2.75, 3.05) is 19.8 Å². The highest BCUT2D eigenvalue weighted by Crippen LogP contribution is 2.30. The van der Waals surface area contributed by atoms with E-state index in [4.69, 9.17) is 9.84 Å². The monoisotopic (exact) mass is 440 g/mol. The Kier molecular flexibility index (Phi) is 7.08. The highest BCUT2D eigenvalue weighted by molar-refractivity contribution is 5.07. The van der Waals surface area contributed by atoms with Crippen LogP contribution in [0.2, 0.25) is 0 Å². The van der Waals surface area contributed by atoms with E-state index < -0.39 is 80.2 Å². The molecule has 0 amide bonds. The summed E-state index contributed by atoms with van der Waals surface area (Å²) in [5.41, 5.74) is -3.43. The molecular weight excluding hydrogens is 425 g/mol. The Morgan fingerprint density at radius 2 is 1.72 bits per heavy atom. The van der Waals surface area contributed by atoms with Crippen LogP contribution in [0.4, 0.5) is 30.7 Å². The second-order valence-corrected chi connectivity index (χ2v) is 6.00. The third kappa shape index (κ3) is 6.52. The van der Waals surface area contributed by atoms with Crippen LogP contribution in [0.15, 0.2) is 15.8 Å². The number of aromatic nitrogens is 2. The molecule has 2 rings (SSSR count). The van der Waals surface area contributed by atoms with E-state index in [0.29, 0.717) is 10.8 Å². The van der Waals surface area contributed by atoms with E-state index in [1.165, 1.54) is 0 Å². The SMILES string of the molecule is O=c1[nH]c(=O)n([C@H]2C[C@H](F)[C@@H](CO)O2)cc1C(OCC(F)(F)F)OCC(F)(F)F. The van der Waals surface area contributed by atoms with Crippen molar-refractivity contribution in [3.63, 3.8) is 0 Å². The zero-order valence-electron chi connectivity index (χ0n) is 14.3. The second kappa shape index (κ2) is 8.81. The fourth-order valence-corrected chi connectivity index (χ4v) is 2.47. The molecule has 3 atom stereocenters. The average Bonchev–Trinajstić information content (AvgIpc) is 2.94. The minimum absolute atomic E-state index is 0.464. The topological polar surface area (TPSA) is 103 Å². The molecule has 0 spiro atoms. The number of aliphatic hydroxyl groups excluding tert-OH is 1. The van der Waals surface area contributed by atoms with E-state index in [0.717, 1.165) is 0 Å². The first-order valence-electron chi connectivity index (χ1n) is 7.93. The molecule has 1 aromatic rings. The maximum Gasteiger partial charge on any atom is 0.411 e. The minimum atomic E-state index is -4.95. The fourth-order valence-electron chi connectivity index (χ4n) is 2.47. The Hall–Kier alpha value is -1.97. The zero-order valence-corrected chi connectivity index (χ0v) is 14.3. The van der Waals surface area contributed by atoms with Gasteiger partial charge in [0.1, 0.15) is 31.7 Å². The Balaban J connectivity index is 2.36. The summed E-state index contributed by atoms with van der Waals surface area (Å²) in [4.78, 5) is 25.5. The smallest absolute Gasteiger partial charge is 0.394 e. The lowest BCUT2D eigenvalue weighted by molar-refractivity contribution is -0.262. The van der Waals surface area contributed by atoms with Gasteiger partial charge in [-0.2, -0.15) is 26.3 Å².